The first-order chi connectivity index (χ1) is 9.40. The van der Waals surface area contributed by atoms with E-state index >= 15 is 0 Å². The Morgan fingerprint density at radius 1 is 1.00 bits per heavy atom. The van der Waals surface area contributed by atoms with E-state index in [0.29, 0.717) is 5.69 Å². The second-order valence-corrected chi connectivity index (χ2v) is 4.51. The molecule has 3 N–H and O–H groups in total. The van der Waals surface area contributed by atoms with Gasteiger partial charge in [-0.15, -0.1) is 0 Å². The average molecular weight is 277 g/mol. The third-order valence-corrected chi connectivity index (χ3v) is 2.62. The van der Waals surface area contributed by atoms with Crippen LogP contribution in [-0.4, -0.2) is 30.8 Å². The Morgan fingerprint density at radius 2 is 1.65 bits per heavy atom. The molecule has 108 valence electrons. The second kappa shape index (κ2) is 7.28. The Balaban J connectivity index is 2.45. The lowest BCUT2D eigenvalue weighted by Crippen LogP contribution is -2.39. The SMILES string of the molecule is CC(=O)NCCNC(=O)C(=O)Nc1ccc(C)cc1C. The Bertz CT molecular complexity index is 526. The number of benzene rings is 1. The maximum Gasteiger partial charge on any atom is 0.313 e. The molecule has 0 saturated carbocycles. The summed E-state index contributed by atoms with van der Waals surface area (Å²) in [5, 5.41) is 7.49. The first-order valence-electron chi connectivity index (χ1n) is 6.31. The van der Waals surface area contributed by atoms with Crippen molar-refractivity contribution in [2.24, 2.45) is 0 Å². The van der Waals surface area contributed by atoms with Crippen LogP contribution in [0.15, 0.2) is 18.2 Å². The lowest BCUT2D eigenvalue weighted by Gasteiger charge is -2.09. The third-order valence-electron chi connectivity index (χ3n) is 2.62. The van der Waals surface area contributed by atoms with Crippen LogP contribution < -0.4 is 16.0 Å². The van der Waals surface area contributed by atoms with Crippen molar-refractivity contribution in [1.82, 2.24) is 10.6 Å². The fraction of sp³-hybridized carbons (Fsp3) is 0.357. The molecule has 0 aromatic heterocycles. The van der Waals surface area contributed by atoms with Gasteiger partial charge in [-0.3, -0.25) is 14.4 Å². The standard InChI is InChI=1S/C14H19N3O3/c1-9-4-5-12(10(2)8-9)17-14(20)13(19)16-7-6-15-11(3)18/h4-5,8H,6-7H2,1-3H3,(H,15,18)(H,16,19)(H,17,20). The maximum atomic E-state index is 11.7. The van der Waals surface area contributed by atoms with Gasteiger partial charge in [-0.2, -0.15) is 0 Å². The minimum absolute atomic E-state index is 0.181. The molecule has 20 heavy (non-hydrogen) atoms. The van der Waals surface area contributed by atoms with E-state index in [4.69, 9.17) is 0 Å². The Kier molecular flexibility index (Phi) is 5.71. The Hall–Kier alpha value is -2.37. The molecule has 6 heteroatoms. The summed E-state index contributed by atoms with van der Waals surface area (Å²) in [6.45, 7) is 5.69. The molecule has 0 bridgehead atoms. The number of aryl methyl sites for hydroxylation is 2. The number of rotatable bonds is 4. The largest absolute Gasteiger partial charge is 0.355 e. The summed E-state index contributed by atoms with van der Waals surface area (Å²) in [5.41, 5.74) is 2.59. The van der Waals surface area contributed by atoms with E-state index < -0.39 is 11.8 Å². The number of carbonyl (C=O) groups is 3. The van der Waals surface area contributed by atoms with Crippen LogP contribution in [-0.2, 0) is 14.4 Å². The molecular formula is C14H19N3O3. The molecule has 0 aliphatic carbocycles. The van der Waals surface area contributed by atoms with Crippen molar-refractivity contribution in [3.8, 4) is 0 Å². The molecule has 0 spiro atoms. The maximum absolute atomic E-state index is 11.7. The van der Waals surface area contributed by atoms with E-state index in [1.54, 1.807) is 6.07 Å². The van der Waals surface area contributed by atoms with Gasteiger partial charge in [0.25, 0.3) is 0 Å². The smallest absolute Gasteiger partial charge is 0.313 e. The highest BCUT2D eigenvalue weighted by molar-refractivity contribution is 6.39. The topological polar surface area (TPSA) is 87.3 Å². The van der Waals surface area contributed by atoms with Crippen molar-refractivity contribution in [2.75, 3.05) is 18.4 Å². The molecule has 0 fully saturated rings. The van der Waals surface area contributed by atoms with Crippen molar-refractivity contribution in [3.05, 3.63) is 29.3 Å². The van der Waals surface area contributed by atoms with E-state index in [-0.39, 0.29) is 19.0 Å². The predicted octanol–water partition coefficient (Wildman–Crippen LogP) is 0.494. The van der Waals surface area contributed by atoms with Gasteiger partial charge in [0.15, 0.2) is 0 Å². The summed E-state index contributed by atoms with van der Waals surface area (Å²) < 4.78 is 0. The molecular weight excluding hydrogens is 258 g/mol. The van der Waals surface area contributed by atoms with Gasteiger partial charge in [-0.05, 0) is 25.5 Å². The van der Waals surface area contributed by atoms with Gasteiger partial charge in [0.2, 0.25) is 5.91 Å². The summed E-state index contributed by atoms with van der Waals surface area (Å²) in [4.78, 5) is 33.8. The van der Waals surface area contributed by atoms with Gasteiger partial charge in [-0.25, -0.2) is 0 Å². The molecule has 6 nitrogen and oxygen atoms in total. The highest BCUT2D eigenvalue weighted by Crippen LogP contribution is 2.15. The van der Waals surface area contributed by atoms with Crippen LogP contribution in [0.1, 0.15) is 18.1 Å². The number of anilines is 1. The fourth-order valence-electron chi connectivity index (χ4n) is 1.63. The van der Waals surface area contributed by atoms with Crippen molar-refractivity contribution in [2.45, 2.75) is 20.8 Å². The van der Waals surface area contributed by atoms with Gasteiger partial charge in [0.05, 0.1) is 0 Å². The zero-order chi connectivity index (χ0) is 15.1. The molecule has 0 atom stereocenters. The zero-order valence-corrected chi connectivity index (χ0v) is 11.9. The molecule has 0 saturated heterocycles. The first kappa shape index (κ1) is 15.7. The second-order valence-electron chi connectivity index (χ2n) is 4.51. The van der Waals surface area contributed by atoms with Crippen molar-refractivity contribution >= 4 is 23.4 Å². The summed E-state index contributed by atoms with van der Waals surface area (Å²) in [7, 11) is 0. The first-order valence-corrected chi connectivity index (χ1v) is 6.31. The average Bonchev–Trinajstić information content (AvgIpc) is 2.37. The lowest BCUT2D eigenvalue weighted by atomic mass is 10.1. The highest BCUT2D eigenvalue weighted by atomic mass is 16.2. The Labute approximate surface area is 117 Å². The van der Waals surface area contributed by atoms with E-state index in [1.807, 2.05) is 26.0 Å². The molecule has 0 heterocycles. The van der Waals surface area contributed by atoms with E-state index in [2.05, 4.69) is 16.0 Å². The molecule has 3 amide bonds. The monoisotopic (exact) mass is 277 g/mol. The van der Waals surface area contributed by atoms with Gasteiger partial charge in [0, 0.05) is 25.7 Å². The molecule has 1 rings (SSSR count). The molecule has 0 unspecified atom stereocenters. The number of nitrogens with one attached hydrogen (secondary N) is 3. The number of amides is 3. The van der Waals surface area contributed by atoms with Crippen LogP contribution in [0, 0.1) is 13.8 Å². The highest BCUT2D eigenvalue weighted by Gasteiger charge is 2.13. The van der Waals surface area contributed by atoms with Gasteiger partial charge in [-0.1, -0.05) is 17.7 Å². The summed E-state index contributed by atoms with van der Waals surface area (Å²) in [5.74, 6) is -1.63. The summed E-state index contributed by atoms with van der Waals surface area (Å²) in [6, 6.07) is 5.54. The zero-order valence-electron chi connectivity index (χ0n) is 11.9. The molecule has 1 aromatic carbocycles. The summed E-state index contributed by atoms with van der Waals surface area (Å²) in [6.07, 6.45) is 0. The van der Waals surface area contributed by atoms with Crippen LogP contribution in [0.3, 0.4) is 0 Å². The normalized spacial score (nSPS) is 9.75. The van der Waals surface area contributed by atoms with Crippen LogP contribution in [0.5, 0.6) is 0 Å². The third kappa shape index (κ3) is 5.09. The van der Waals surface area contributed by atoms with Crippen LogP contribution >= 0.6 is 0 Å². The molecule has 1 aromatic rings. The number of hydrogen-bond acceptors (Lipinski definition) is 3. The fourth-order valence-corrected chi connectivity index (χ4v) is 1.63. The van der Waals surface area contributed by atoms with Gasteiger partial charge >= 0.3 is 11.8 Å². The minimum atomic E-state index is -0.727. The Morgan fingerprint density at radius 3 is 2.25 bits per heavy atom. The molecule has 0 radical (unpaired) electrons. The van der Waals surface area contributed by atoms with Crippen LogP contribution in [0.25, 0.3) is 0 Å². The summed E-state index contributed by atoms with van der Waals surface area (Å²) >= 11 is 0. The van der Waals surface area contributed by atoms with E-state index in [1.165, 1.54) is 6.92 Å². The van der Waals surface area contributed by atoms with Crippen molar-refractivity contribution in [3.63, 3.8) is 0 Å². The van der Waals surface area contributed by atoms with Gasteiger partial charge in [0.1, 0.15) is 0 Å². The predicted molar refractivity (Wildman–Crippen MR) is 76.2 cm³/mol. The number of hydrogen-bond donors (Lipinski definition) is 3. The van der Waals surface area contributed by atoms with Crippen molar-refractivity contribution in [1.29, 1.82) is 0 Å². The van der Waals surface area contributed by atoms with Crippen molar-refractivity contribution < 1.29 is 14.4 Å². The quantitative estimate of drug-likeness (QED) is 0.553. The number of carbonyl (C=O) groups excluding carboxylic acids is 3. The molecule has 0 aliphatic rings. The minimum Gasteiger partial charge on any atom is -0.355 e. The van der Waals surface area contributed by atoms with E-state index in [9.17, 15) is 14.4 Å². The molecule has 0 aliphatic heterocycles. The lowest BCUT2D eigenvalue weighted by molar-refractivity contribution is -0.136. The van der Waals surface area contributed by atoms with E-state index in [0.717, 1.165) is 11.1 Å². The van der Waals surface area contributed by atoms with Crippen LogP contribution in [0.2, 0.25) is 0 Å². The van der Waals surface area contributed by atoms with Crippen LogP contribution in [0.4, 0.5) is 5.69 Å². The van der Waals surface area contributed by atoms with Gasteiger partial charge < -0.3 is 16.0 Å².